The zero-order chi connectivity index (χ0) is 17.2. The monoisotopic (exact) mass is 314 g/mol. The van der Waals surface area contributed by atoms with Crippen LogP contribution in [0, 0.1) is 5.41 Å². The van der Waals surface area contributed by atoms with Crippen molar-refractivity contribution in [1.82, 2.24) is 0 Å². The van der Waals surface area contributed by atoms with Gasteiger partial charge in [0.1, 0.15) is 5.75 Å². The van der Waals surface area contributed by atoms with Gasteiger partial charge in [0.25, 0.3) is 0 Å². The zero-order valence-corrected chi connectivity index (χ0v) is 14.2. The number of esters is 2. The third kappa shape index (κ3) is 3.89. The van der Waals surface area contributed by atoms with E-state index in [1.165, 1.54) is 0 Å². The molecule has 0 fully saturated rings. The summed E-state index contributed by atoms with van der Waals surface area (Å²) in [6.07, 6.45) is 0. The summed E-state index contributed by atoms with van der Waals surface area (Å²) in [7, 11) is 1.62. The molecular weight excluding hydrogens is 292 g/mol. The molecule has 0 N–H and O–H groups in total. The summed E-state index contributed by atoms with van der Waals surface area (Å²) in [4.78, 5) is 24.0. The molecule has 1 atom stereocenters. The topological polar surface area (TPSA) is 52.6 Å². The van der Waals surface area contributed by atoms with E-state index in [9.17, 15) is 9.59 Å². The van der Waals surface area contributed by atoms with Crippen LogP contribution in [0.1, 0.15) is 39.2 Å². The summed E-state index contributed by atoms with van der Waals surface area (Å²) in [6.45, 7) is 6.90. The molecule has 4 heteroatoms. The van der Waals surface area contributed by atoms with Gasteiger partial charge in [0.05, 0.1) is 18.4 Å². The highest BCUT2D eigenvalue weighted by atomic mass is 16.6. The third-order valence-electron chi connectivity index (χ3n) is 3.73. The molecule has 0 aliphatic carbocycles. The number of benzene rings is 2. The Hall–Kier alpha value is -2.36. The van der Waals surface area contributed by atoms with E-state index in [1.54, 1.807) is 34.8 Å². The lowest BCUT2D eigenvalue weighted by Gasteiger charge is -2.18. The smallest absolute Gasteiger partial charge is 0.320 e. The van der Waals surface area contributed by atoms with Crippen molar-refractivity contribution in [3.63, 3.8) is 0 Å². The first-order valence-electron chi connectivity index (χ1n) is 7.56. The fourth-order valence-electron chi connectivity index (χ4n) is 2.11. The number of carbonyl (C=O) groups is 2. The molecule has 122 valence electrons. The van der Waals surface area contributed by atoms with Crippen LogP contribution in [-0.4, -0.2) is 19.0 Å². The SMILES string of the molecule is COc1ccc2cc([C@H](C)C(=O)OC(=O)C(C)(C)C)ccc2c1. The van der Waals surface area contributed by atoms with E-state index in [0.29, 0.717) is 0 Å². The summed E-state index contributed by atoms with van der Waals surface area (Å²) in [5, 5.41) is 2.03. The summed E-state index contributed by atoms with van der Waals surface area (Å²) >= 11 is 0. The molecule has 0 saturated carbocycles. The van der Waals surface area contributed by atoms with Crippen molar-refractivity contribution in [1.29, 1.82) is 0 Å². The average molecular weight is 314 g/mol. The minimum atomic E-state index is -0.699. The van der Waals surface area contributed by atoms with Crippen LogP contribution in [0.3, 0.4) is 0 Å². The van der Waals surface area contributed by atoms with Crippen molar-refractivity contribution < 1.29 is 19.1 Å². The van der Waals surface area contributed by atoms with E-state index >= 15 is 0 Å². The van der Waals surface area contributed by atoms with E-state index < -0.39 is 23.3 Å². The largest absolute Gasteiger partial charge is 0.497 e. The van der Waals surface area contributed by atoms with Gasteiger partial charge in [0, 0.05) is 0 Å². The fraction of sp³-hybridized carbons (Fsp3) is 0.368. The highest BCUT2D eigenvalue weighted by Crippen LogP contribution is 2.26. The Labute approximate surface area is 136 Å². The molecule has 2 aromatic rings. The Balaban J connectivity index is 2.22. The summed E-state index contributed by atoms with van der Waals surface area (Å²) in [5.41, 5.74) is 0.115. The van der Waals surface area contributed by atoms with Crippen molar-refractivity contribution >= 4 is 22.7 Å². The Morgan fingerprint density at radius 1 is 1.00 bits per heavy atom. The number of ether oxygens (including phenoxy) is 2. The van der Waals surface area contributed by atoms with Crippen LogP contribution in [0.15, 0.2) is 36.4 Å². The minimum Gasteiger partial charge on any atom is -0.497 e. The van der Waals surface area contributed by atoms with Crippen LogP contribution in [0.25, 0.3) is 10.8 Å². The fourth-order valence-corrected chi connectivity index (χ4v) is 2.11. The van der Waals surface area contributed by atoms with Gasteiger partial charge in [-0.2, -0.15) is 0 Å². The lowest BCUT2D eigenvalue weighted by molar-refractivity contribution is -0.166. The van der Waals surface area contributed by atoms with Crippen LogP contribution in [0.2, 0.25) is 0 Å². The maximum Gasteiger partial charge on any atom is 0.320 e. The molecule has 0 aliphatic heterocycles. The highest BCUT2D eigenvalue weighted by Gasteiger charge is 2.28. The number of hydrogen-bond acceptors (Lipinski definition) is 4. The first kappa shape index (κ1) is 17.0. The van der Waals surface area contributed by atoms with E-state index in [2.05, 4.69) is 0 Å². The Kier molecular flexibility index (Phi) is 4.73. The lowest BCUT2D eigenvalue weighted by atomic mass is 9.96. The molecule has 2 rings (SSSR count). The average Bonchev–Trinajstić information content (AvgIpc) is 2.52. The second-order valence-corrected chi connectivity index (χ2v) is 6.65. The van der Waals surface area contributed by atoms with Gasteiger partial charge in [-0.3, -0.25) is 9.59 Å². The molecule has 0 aliphatic rings. The van der Waals surface area contributed by atoms with Crippen molar-refractivity contribution in [3.05, 3.63) is 42.0 Å². The van der Waals surface area contributed by atoms with Crippen molar-refractivity contribution in [2.45, 2.75) is 33.6 Å². The normalized spacial score (nSPS) is 12.7. The van der Waals surface area contributed by atoms with Crippen molar-refractivity contribution in [2.75, 3.05) is 7.11 Å². The van der Waals surface area contributed by atoms with Crippen molar-refractivity contribution in [3.8, 4) is 5.75 Å². The van der Waals surface area contributed by atoms with Crippen LogP contribution >= 0.6 is 0 Å². The highest BCUT2D eigenvalue weighted by molar-refractivity contribution is 5.92. The first-order valence-corrected chi connectivity index (χ1v) is 7.56. The van der Waals surface area contributed by atoms with E-state index in [1.807, 2.05) is 36.4 Å². The van der Waals surface area contributed by atoms with Crippen molar-refractivity contribution in [2.24, 2.45) is 5.41 Å². The molecule has 0 heterocycles. The van der Waals surface area contributed by atoms with Gasteiger partial charge in [0.15, 0.2) is 0 Å². The van der Waals surface area contributed by atoms with Crippen LogP contribution in [0.4, 0.5) is 0 Å². The standard InChI is InChI=1S/C19H22O4/c1-12(17(20)23-18(21)19(2,3)4)13-6-7-15-11-16(22-5)9-8-14(15)10-13/h6-12H,1-5H3/t12-/m0/s1. The predicted molar refractivity (Wildman–Crippen MR) is 89.5 cm³/mol. The molecule has 0 aromatic heterocycles. The van der Waals surface area contributed by atoms with Crippen LogP contribution in [0.5, 0.6) is 5.75 Å². The molecule has 0 unspecified atom stereocenters. The van der Waals surface area contributed by atoms with Gasteiger partial charge in [-0.25, -0.2) is 0 Å². The second-order valence-electron chi connectivity index (χ2n) is 6.65. The third-order valence-corrected chi connectivity index (χ3v) is 3.73. The molecule has 0 saturated heterocycles. The molecule has 0 radical (unpaired) electrons. The van der Waals surface area contributed by atoms with Crippen LogP contribution in [-0.2, 0) is 14.3 Å². The van der Waals surface area contributed by atoms with E-state index in [4.69, 9.17) is 9.47 Å². The Morgan fingerprint density at radius 2 is 1.61 bits per heavy atom. The zero-order valence-electron chi connectivity index (χ0n) is 14.2. The number of hydrogen-bond donors (Lipinski definition) is 0. The summed E-state index contributed by atoms with van der Waals surface area (Å²) in [6, 6.07) is 11.5. The molecular formula is C19H22O4. The molecule has 2 aromatic carbocycles. The quantitative estimate of drug-likeness (QED) is 0.633. The van der Waals surface area contributed by atoms with Crippen LogP contribution < -0.4 is 4.74 Å². The molecule has 23 heavy (non-hydrogen) atoms. The first-order chi connectivity index (χ1) is 10.7. The second kappa shape index (κ2) is 6.41. The minimum absolute atomic E-state index is 0.507. The van der Waals surface area contributed by atoms with Gasteiger partial charge < -0.3 is 9.47 Å². The number of methoxy groups -OCH3 is 1. The van der Waals surface area contributed by atoms with Gasteiger partial charge in [-0.1, -0.05) is 24.3 Å². The molecule has 0 spiro atoms. The summed E-state index contributed by atoms with van der Waals surface area (Å²) < 4.78 is 10.2. The van der Waals surface area contributed by atoms with Gasteiger partial charge >= 0.3 is 11.9 Å². The van der Waals surface area contributed by atoms with Gasteiger partial charge in [-0.05, 0) is 56.2 Å². The molecule has 0 bridgehead atoms. The number of fused-ring (bicyclic) bond motifs is 1. The molecule has 0 amide bonds. The summed E-state index contributed by atoms with van der Waals surface area (Å²) in [5.74, 6) is -0.765. The van der Waals surface area contributed by atoms with E-state index in [0.717, 1.165) is 22.1 Å². The Morgan fingerprint density at radius 3 is 2.22 bits per heavy atom. The predicted octanol–water partition coefficient (Wildman–Crippen LogP) is 4.07. The van der Waals surface area contributed by atoms with E-state index in [-0.39, 0.29) is 0 Å². The number of carbonyl (C=O) groups excluding carboxylic acids is 2. The van der Waals surface area contributed by atoms with Gasteiger partial charge in [0.2, 0.25) is 0 Å². The number of rotatable bonds is 3. The maximum atomic E-state index is 12.2. The lowest BCUT2D eigenvalue weighted by Crippen LogP contribution is -2.27. The maximum absolute atomic E-state index is 12.2. The Bertz CT molecular complexity index is 741. The molecule has 4 nitrogen and oxygen atoms in total. The van der Waals surface area contributed by atoms with Gasteiger partial charge in [-0.15, -0.1) is 0 Å².